The Morgan fingerprint density at radius 1 is 1.59 bits per heavy atom. The van der Waals surface area contributed by atoms with Crippen LogP contribution in [0.1, 0.15) is 19.1 Å². The maximum absolute atomic E-state index is 11.3. The SMILES string of the molecule is CC(CCNC(=O)/C=C/c1ccco1)C(=O)O. The van der Waals surface area contributed by atoms with E-state index in [4.69, 9.17) is 9.52 Å². The van der Waals surface area contributed by atoms with Gasteiger partial charge in [-0.15, -0.1) is 0 Å². The molecule has 1 aromatic rings. The van der Waals surface area contributed by atoms with Crippen molar-refractivity contribution in [1.82, 2.24) is 5.32 Å². The topological polar surface area (TPSA) is 79.5 Å². The fourth-order valence-corrected chi connectivity index (χ4v) is 1.14. The van der Waals surface area contributed by atoms with Gasteiger partial charge in [0.15, 0.2) is 0 Å². The standard InChI is InChI=1S/C12H15NO4/c1-9(12(15)16)6-7-13-11(14)5-4-10-3-2-8-17-10/h2-5,8-9H,6-7H2,1H3,(H,13,14)(H,15,16)/b5-4+. The van der Waals surface area contributed by atoms with Crippen molar-refractivity contribution in [3.05, 3.63) is 30.2 Å². The van der Waals surface area contributed by atoms with E-state index in [0.717, 1.165) is 0 Å². The molecule has 1 atom stereocenters. The fourth-order valence-electron chi connectivity index (χ4n) is 1.14. The first kappa shape index (κ1) is 13.0. The third-order valence-corrected chi connectivity index (χ3v) is 2.24. The Hall–Kier alpha value is -2.04. The molecular formula is C12H15NO4. The van der Waals surface area contributed by atoms with Crippen LogP contribution in [0.2, 0.25) is 0 Å². The molecule has 0 aliphatic heterocycles. The molecule has 0 radical (unpaired) electrons. The summed E-state index contributed by atoms with van der Waals surface area (Å²) < 4.78 is 5.01. The molecule has 0 bridgehead atoms. The van der Waals surface area contributed by atoms with Crippen LogP contribution in [0.5, 0.6) is 0 Å². The quantitative estimate of drug-likeness (QED) is 0.735. The predicted octanol–water partition coefficient (Wildman–Crippen LogP) is 1.52. The maximum Gasteiger partial charge on any atom is 0.306 e. The molecule has 5 nitrogen and oxygen atoms in total. The van der Waals surface area contributed by atoms with Gasteiger partial charge in [0.1, 0.15) is 5.76 Å². The third kappa shape index (κ3) is 5.01. The van der Waals surface area contributed by atoms with E-state index in [-0.39, 0.29) is 5.91 Å². The molecule has 2 N–H and O–H groups in total. The first-order valence-electron chi connectivity index (χ1n) is 5.32. The Labute approximate surface area is 99.1 Å². The highest BCUT2D eigenvalue weighted by Gasteiger charge is 2.09. The number of aliphatic carboxylic acids is 1. The lowest BCUT2D eigenvalue weighted by Gasteiger charge is -2.05. The van der Waals surface area contributed by atoms with E-state index in [1.165, 1.54) is 12.3 Å². The predicted molar refractivity (Wildman–Crippen MR) is 62.2 cm³/mol. The molecule has 1 aromatic heterocycles. The number of hydrogen-bond donors (Lipinski definition) is 2. The van der Waals surface area contributed by atoms with E-state index in [1.807, 2.05) is 0 Å². The Morgan fingerprint density at radius 2 is 2.35 bits per heavy atom. The molecule has 1 rings (SSSR count). The molecule has 17 heavy (non-hydrogen) atoms. The lowest BCUT2D eigenvalue weighted by molar-refractivity contribution is -0.141. The average molecular weight is 237 g/mol. The Balaban J connectivity index is 2.24. The van der Waals surface area contributed by atoms with Gasteiger partial charge in [0.2, 0.25) is 5.91 Å². The van der Waals surface area contributed by atoms with Crippen LogP contribution in [0.4, 0.5) is 0 Å². The van der Waals surface area contributed by atoms with Crippen LogP contribution in [0.15, 0.2) is 28.9 Å². The summed E-state index contributed by atoms with van der Waals surface area (Å²) in [5.74, 6) is -0.979. The van der Waals surface area contributed by atoms with Crippen molar-refractivity contribution in [1.29, 1.82) is 0 Å². The number of rotatable bonds is 6. The number of nitrogens with one attached hydrogen (secondary N) is 1. The lowest BCUT2D eigenvalue weighted by atomic mass is 10.1. The van der Waals surface area contributed by atoms with E-state index in [0.29, 0.717) is 18.7 Å². The Morgan fingerprint density at radius 3 is 2.94 bits per heavy atom. The third-order valence-electron chi connectivity index (χ3n) is 2.24. The second kappa shape index (κ2) is 6.52. The zero-order valence-electron chi connectivity index (χ0n) is 9.55. The van der Waals surface area contributed by atoms with Crippen molar-refractivity contribution >= 4 is 18.0 Å². The lowest BCUT2D eigenvalue weighted by Crippen LogP contribution is -2.25. The van der Waals surface area contributed by atoms with Crippen molar-refractivity contribution in [2.24, 2.45) is 5.92 Å². The molecule has 5 heteroatoms. The van der Waals surface area contributed by atoms with Gasteiger partial charge in [-0.25, -0.2) is 0 Å². The monoisotopic (exact) mass is 237 g/mol. The van der Waals surface area contributed by atoms with E-state index in [2.05, 4.69) is 5.32 Å². The highest BCUT2D eigenvalue weighted by molar-refractivity contribution is 5.91. The Kier molecular flexibility index (Phi) is 5.00. The normalized spacial score (nSPS) is 12.5. The summed E-state index contributed by atoms with van der Waals surface area (Å²) in [6, 6.07) is 3.46. The summed E-state index contributed by atoms with van der Waals surface area (Å²) >= 11 is 0. The van der Waals surface area contributed by atoms with Crippen molar-refractivity contribution in [2.75, 3.05) is 6.54 Å². The van der Waals surface area contributed by atoms with Crippen molar-refractivity contribution in [3.63, 3.8) is 0 Å². The minimum atomic E-state index is -0.856. The van der Waals surface area contributed by atoms with Crippen LogP contribution in [-0.4, -0.2) is 23.5 Å². The van der Waals surface area contributed by atoms with Gasteiger partial charge in [-0.3, -0.25) is 9.59 Å². The minimum absolute atomic E-state index is 0.265. The smallest absolute Gasteiger partial charge is 0.306 e. The molecule has 1 unspecified atom stereocenters. The fraction of sp³-hybridized carbons (Fsp3) is 0.333. The Bertz CT molecular complexity index is 395. The number of carbonyl (C=O) groups is 2. The van der Waals surface area contributed by atoms with Crippen molar-refractivity contribution in [3.8, 4) is 0 Å². The van der Waals surface area contributed by atoms with Crippen LogP contribution < -0.4 is 5.32 Å². The highest BCUT2D eigenvalue weighted by atomic mass is 16.4. The van der Waals surface area contributed by atoms with Crippen LogP contribution in [0.25, 0.3) is 6.08 Å². The number of carboxylic acid groups (broad SMARTS) is 1. The van der Waals surface area contributed by atoms with Gasteiger partial charge in [0.05, 0.1) is 12.2 Å². The summed E-state index contributed by atoms with van der Waals surface area (Å²) in [4.78, 5) is 21.8. The number of amides is 1. The van der Waals surface area contributed by atoms with Crippen molar-refractivity contribution < 1.29 is 19.1 Å². The van der Waals surface area contributed by atoms with Gasteiger partial charge in [-0.1, -0.05) is 6.92 Å². The van der Waals surface area contributed by atoms with Crippen LogP contribution >= 0.6 is 0 Å². The second-order valence-corrected chi connectivity index (χ2v) is 3.67. The summed E-state index contributed by atoms with van der Waals surface area (Å²) in [7, 11) is 0. The number of furan rings is 1. The molecule has 0 fully saturated rings. The second-order valence-electron chi connectivity index (χ2n) is 3.67. The van der Waals surface area contributed by atoms with E-state index in [9.17, 15) is 9.59 Å². The zero-order chi connectivity index (χ0) is 12.7. The van der Waals surface area contributed by atoms with Gasteiger partial charge in [-0.05, 0) is 24.6 Å². The van der Waals surface area contributed by atoms with E-state index < -0.39 is 11.9 Å². The first-order chi connectivity index (χ1) is 8.09. The van der Waals surface area contributed by atoms with Crippen molar-refractivity contribution in [2.45, 2.75) is 13.3 Å². The van der Waals surface area contributed by atoms with Gasteiger partial charge >= 0.3 is 5.97 Å². The first-order valence-corrected chi connectivity index (χ1v) is 5.32. The molecule has 0 saturated heterocycles. The average Bonchev–Trinajstić information content (AvgIpc) is 2.78. The van der Waals surface area contributed by atoms with Gasteiger partial charge in [-0.2, -0.15) is 0 Å². The molecule has 92 valence electrons. The highest BCUT2D eigenvalue weighted by Crippen LogP contribution is 2.02. The summed E-state index contributed by atoms with van der Waals surface area (Å²) in [6.07, 6.45) is 4.84. The van der Waals surface area contributed by atoms with Crippen LogP contribution in [0.3, 0.4) is 0 Å². The molecule has 0 saturated carbocycles. The van der Waals surface area contributed by atoms with Gasteiger partial charge in [0, 0.05) is 12.6 Å². The van der Waals surface area contributed by atoms with E-state index in [1.54, 1.807) is 25.1 Å². The number of hydrogen-bond acceptors (Lipinski definition) is 3. The zero-order valence-corrected chi connectivity index (χ0v) is 9.55. The number of carbonyl (C=O) groups excluding carboxylic acids is 1. The summed E-state index contributed by atoms with van der Waals surface area (Å²) in [5.41, 5.74) is 0. The minimum Gasteiger partial charge on any atom is -0.481 e. The van der Waals surface area contributed by atoms with E-state index >= 15 is 0 Å². The maximum atomic E-state index is 11.3. The van der Waals surface area contributed by atoms with Gasteiger partial charge in [0.25, 0.3) is 0 Å². The summed E-state index contributed by atoms with van der Waals surface area (Å²) in [6.45, 7) is 1.95. The van der Waals surface area contributed by atoms with Crippen LogP contribution in [-0.2, 0) is 9.59 Å². The van der Waals surface area contributed by atoms with Crippen LogP contribution in [0, 0.1) is 5.92 Å². The largest absolute Gasteiger partial charge is 0.481 e. The molecule has 1 amide bonds. The molecule has 0 aliphatic rings. The molecule has 1 heterocycles. The van der Waals surface area contributed by atoms with Gasteiger partial charge < -0.3 is 14.8 Å². The molecular weight excluding hydrogens is 222 g/mol. The number of carboxylic acids is 1. The molecule has 0 spiro atoms. The molecule has 0 aromatic carbocycles. The molecule has 0 aliphatic carbocycles. The summed E-state index contributed by atoms with van der Waals surface area (Å²) in [5, 5.41) is 11.2.